The van der Waals surface area contributed by atoms with Crippen LogP contribution in [0.15, 0.2) is 30.3 Å². The first-order valence-electron chi connectivity index (χ1n) is 6.61. The summed E-state index contributed by atoms with van der Waals surface area (Å²) in [7, 11) is 0. The Hall–Kier alpha value is -1.06. The maximum Gasteiger partial charge on any atom is 0.239 e. The Kier molecular flexibility index (Phi) is 8.44. The number of carbonyl (C=O) groups excluding carboxylic acids is 1. The quantitative estimate of drug-likeness (QED) is 0.757. The lowest BCUT2D eigenvalue weighted by molar-refractivity contribution is -0.125. The van der Waals surface area contributed by atoms with Gasteiger partial charge in [-0.2, -0.15) is 0 Å². The molecular formula is C15H25ClN2O. The van der Waals surface area contributed by atoms with Crippen molar-refractivity contribution in [1.82, 2.24) is 5.32 Å². The zero-order valence-electron chi connectivity index (χ0n) is 11.8. The Bertz CT molecular complexity index is 360. The van der Waals surface area contributed by atoms with E-state index in [2.05, 4.69) is 29.6 Å². The number of carbonyl (C=O) groups is 1. The van der Waals surface area contributed by atoms with Gasteiger partial charge >= 0.3 is 0 Å². The molecule has 19 heavy (non-hydrogen) atoms. The Labute approximate surface area is 122 Å². The van der Waals surface area contributed by atoms with Gasteiger partial charge < -0.3 is 11.1 Å². The third-order valence-electron chi connectivity index (χ3n) is 2.86. The highest BCUT2D eigenvalue weighted by molar-refractivity contribution is 5.85. The Morgan fingerprint density at radius 1 is 1.16 bits per heavy atom. The summed E-state index contributed by atoms with van der Waals surface area (Å²) in [6.07, 6.45) is 4.40. The minimum absolute atomic E-state index is 0. The summed E-state index contributed by atoms with van der Waals surface area (Å²) in [6, 6.07) is 10.5. The van der Waals surface area contributed by atoms with E-state index in [9.17, 15) is 4.79 Å². The number of nitrogens with two attached hydrogens (primary N) is 1. The number of amides is 1. The van der Waals surface area contributed by atoms with E-state index in [0.29, 0.717) is 6.54 Å². The Morgan fingerprint density at radius 2 is 1.79 bits per heavy atom. The van der Waals surface area contributed by atoms with Crippen LogP contribution in [0.25, 0.3) is 0 Å². The summed E-state index contributed by atoms with van der Waals surface area (Å²) in [5.74, 6) is -0.0782. The van der Waals surface area contributed by atoms with E-state index in [0.717, 1.165) is 25.7 Å². The van der Waals surface area contributed by atoms with E-state index >= 15 is 0 Å². The maximum atomic E-state index is 11.5. The molecule has 108 valence electrons. The zero-order chi connectivity index (χ0) is 13.4. The molecule has 1 aromatic rings. The molecule has 0 aliphatic heterocycles. The number of unbranched alkanes of at least 4 members (excludes halogenated alkanes) is 2. The van der Waals surface area contributed by atoms with Crippen molar-refractivity contribution in [2.45, 2.75) is 45.1 Å². The van der Waals surface area contributed by atoms with Crippen molar-refractivity contribution in [3.63, 3.8) is 0 Å². The molecule has 1 amide bonds. The van der Waals surface area contributed by atoms with Crippen molar-refractivity contribution < 1.29 is 4.79 Å². The van der Waals surface area contributed by atoms with Crippen molar-refractivity contribution in [3.8, 4) is 0 Å². The maximum absolute atomic E-state index is 11.5. The molecule has 0 aliphatic rings. The summed E-state index contributed by atoms with van der Waals surface area (Å²) >= 11 is 0. The van der Waals surface area contributed by atoms with Crippen LogP contribution in [0, 0.1) is 0 Å². The molecule has 0 saturated carbocycles. The third-order valence-corrected chi connectivity index (χ3v) is 2.86. The number of rotatable bonds is 7. The van der Waals surface area contributed by atoms with E-state index < -0.39 is 5.54 Å². The van der Waals surface area contributed by atoms with E-state index in [1.54, 1.807) is 13.8 Å². The normalized spacial score (nSPS) is 10.7. The first-order valence-corrected chi connectivity index (χ1v) is 6.61. The second-order valence-corrected chi connectivity index (χ2v) is 5.27. The molecule has 4 heteroatoms. The fraction of sp³-hybridized carbons (Fsp3) is 0.533. The van der Waals surface area contributed by atoms with E-state index in [1.807, 2.05) is 6.07 Å². The SMILES string of the molecule is CC(C)(N)C(=O)NCCCCCc1ccccc1.Cl. The summed E-state index contributed by atoms with van der Waals surface area (Å²) in [5, 5.41) is 2.86. The molecule has 0 aromatic heterocycles. The zero-order valence-corrected chi connectivity index (χ0v) is 12.6. The number of hydrogen-bond acceptors (Lipinski definition) is 2. The molecule has 0 unspecified atom stereocenters. The molecule has 3 N–H and O–H groups in total. The highest BCUT2D eigenvalue weighted by Crippen LogP contribution is 2.05. The highest BCUT2D eigenvalue weighted by Gasteiger charge is 2.20. The standard InChI is InChI=1S/C15H24N2O.ClH/c1-15(2,16)14(18)17-12-8-4-7-11-13-9-5-3-6-10-13;/h3,5-6,9-10H,4,7-8,11-12,16H2,1-2H3,(H,17,18);1H. The predicted molar refractivity (Wildman–Crippen MR) is 82.5 cm³/mol. The molecular weight excluding hydrogens is 260 g/mol. The fourth-order valence-electron chi connectivity index (χ4n) is 1.71. The molecule has 3 nitrogen and oxygen atoms in total. The van der Waals surface area contributed by atoms with E-state index in [4.69, 9.17) is 5.73 Å². The molecule has 0 bridgehead atoms. The highest BCUT2D eigenvalue weighted by atomic mass is 35.5. The van der Waals surface area contributed by atoms with Crippen LogP contribution >= 0.6 is 12.4 Å². The van der Waals surface area contributed by atoms with Gasteiger partial charge in [0.1, 0.15) is 0 Å². The summed E-state index contributed by atoms with van der Waals surface area (Å²) < 4.78 is 0. The van der Waals surface area contributed by atoms with Gasteiger partial charge in [0.25, 0.3) is 0 Å². The van der Waals surface area contributed by atoms with Gasteiger partial charge in [-0.15, -0.1) is 12.4 Å². The van der Waals surface area contributed by atoms with Crippen molar-refractivity contribution in [2.24, 2.45) is 5.73 Å². The van der Waals surface area contributed by atoms with Gasteiger partial charge in [0.05, 0.1) is 5.54 Å². The van der Waals surface area contributed by atoms with Crippen molar-refractivity contribution >= 4 is 18.3 Å². The van der Waals surface area contributed by atoms with Crippen LogP contribution in [0.2, 0.25) is 0 Å². The van der Waals surface area contributed by atoms with E-state index in [-0.39, 0.29) is 18.3 Å². The van der Waals surface area contributed by atoms with Crippen LogP contribution in [0.1, 0.15) is 38.7 Å². The molecule has 0 spiro atoms. The van der Waals surface area contributed by atoms with Gasteiger partial charge in [-0.05, 0) is 38.7 Å². The molecule has 0 aliphatic carbocycles. The van der Waals surface area contributed by atoms with Crippen LogP contribution in [0.3, 0.4) is 0 Å². The van der Waals surface area contributed by atoms with Crippen molar-refractivity contribution in [3.05, 3.63) is 35.9 Å². The molecule has 0 atom stereocenters. The smallest absolute Gasteiger partial charge is 0.239 e. The van der Waals surface area contributed by atoms with Crippen LogP contribution < -0.4 is 11.1 Å². The van der Waals surface area contributed by atoms with Gasteiger partial charge in [0.15, 0.2) is 0 Å². The number of aryl methyl sites for hydroxylation is 1. The first-order chi connectivity index (χ1) is 8.50. The van der Waals surface area contributed by atoms with Crippen LogP contribution in [-0.2, 0) is 11.2 Å². The molecule has 1 rings (SSSR count). The Morgan fingerprint density at radius 3 is 2.37 bits per heavy atom. The largest absolute Gasteiger partial charge is 0.355 e. The van der Waals surface area contributed by atoms with Gasteiger partial charge in [0, 0.05) is 6.54 Å². The monoisotopic (exact) mass is 284 g/mol. The molecule has 0 heterocycles. The van der Waals surface area contributed by atoms with Gasteiger partial charge in [-0.1, -0.05) is 36.8 Å². The van der Waals surface area contributed by atoms with Gasteiger partial charge in [0.2, 0.25) is 5.91 Å². The van der Waals surface area contributed by atoms with Gasteiger partial charge in [-0.3, -0.25) is 4.79 Å². The lowest BCUT2D eigenvalue weighted by Crippen LogP contribution is -2.49. The molecule has 0 fully saturated rings. The summed E-state index contributed by atoms with van der Waals surface area (Å²) in [5.41, 5.74) is 6.29. The molecule has 0 radical (unpaired) electrons. The second-order valence-electron chi connectivity index (χ2n) is 5.27. The minimum Gasteiger partial charge on any atom is -0.355 e. The lowest BCUT2D eigenvalue weighted by atomic mass is 10.1. The topological polar surface area (TPSA) is 55.1 Å². The summed E-state index contributed by atoms with van der Waals surface area (Å²) in [4.78, 5) is 11.5. The number of benzene rings is 1. The third kappa shape index (κ3) is 7.85. The number of halogens is 1. The van der Waals surface area contributed by atoms with Crippen molar-refractivity contribution in [1.29, 1.82) is 0 Å². The average molecular weight is 285 g/mol. The summed E-state index contributed by atoms with van der Waals surface area (Å²) in [6.45, 7) is 4.16. The predicted octanol–water partition coefficient (Wildman–Crippen LogP) is 2.67. The average Bonchev–Trinajstić information content (AvgIpc) is 2.33. The van der Waals surface area contributed by atoms with Crippen LogP contribution in [0.4, 0.5) is 0 Å². The second kappa shape index (κ2) is 8.94. The van der Waals surface area contributed by atoms with E-state index in [1.165, 1.54) is 5.56 Å². The molecule has 1 aromatic carbocycles. The van der Waals surface area contributed by atoms with Crippen LogP contribution in [0.5, 0.6) is 0 Å². The first kappa shape index (κ1) is 17.9. The number of nitrogens with one attached hydrogen (secondary N) is 1. The van der Waals surface area contributed by atoms with Crippen LogP contribution in [-0.4, -0.2) is 18.0 Å². The van der Waals surface area contributed by atoms with Gasteiger partial charge in [-0.25, -0.2) is 0 Å². The minimum atomic E-state index is -0.774. The van der Waals surface area contributed by atoms with Crippen molar-refractivity contribution in [2.75, 3.05) is 6.54 Å². The fourth-order valence-corrected chi connectivity index (χ4v) is 1.71. The molecule has 0 saturated heterocycles. The lowest BCUT2D eigenvalue weighted by Gasteiger charge is -2.17. The Balaban J connectivity index is 0.00000324. The number of hydrogen-bond donors (Lipinski definition) is 2.